The van der Waals surface area contributed by atoms with Crippen LogP contribution in [0, 0.1) is 23.7 Å². The summed E-state index contributed by atoms with van der Waals surface area (Å²) >= 11 is 1.54. The highest BCUT2D eigenvalue weighted by Crippen LogP contribution is 2.17. The second-order valence-corrected chi connectivity index (χ2v) is 6.92. The molecule has 148 valence electrons. The summed E-state index contributed by atoms with van der Waals surface area (Å²) in [6.45, 7) is 2.74. The predicted octanol–water partition coefficient (Wildman–Crippen LogP) is 4.34. The summed E-state index contributed by atoms with van der Waals surface area (Å²) < 4.78 is 10.6. The van der Waals surface area contributed by atoms with Gasteiger partial charge >= 0.3 is 11.9 Å². The van der Waals surface area contributed by atoms with Crippen molar-refractivity contribution in [3.63, 3.8) is 0 Å². The molecule has 0 saturated carbocycles. The summed E-state index contributed by atoms with van der Waals surface area (Å²) in [4.78, 5) is 22.6. The second-order valence-electron chi connectivity index (χ2n) is 5.94. The molecule has 5 heteroatoms. The van der Waals surface area contributed by atoms with E-state index < -0.39 is 12.2 Å². The molecule has 2 atom stereocenters. The van der Waals surface area contributed by atoms with E-state index >= 15 is 0 Å². The number of thioether (sulfide) groups is 1. The van der Waals surface area contributed by atoms with Crippen LogP contribution in [-0.4, -0.2) is 23.4 Å². The first kappa shape index (κ1) is 22.1. The van der Waals surface area contributed by atoms with Gasteiger partial charge in [-0.05, 0) is 0 Å². The van der Waals surface area contributed by atoms with Gasteiger partial charge in [0, 0.05) is 25.0 Å². The zero-order valence-corrected chi connectivity index (χ0v) is 17.2. The van der Waals surface area contributed by atoms with Crippen LogP contribution in [0.3, 0.4) is 0 Å². The molecule has 0 aromatic heterocycles. The Morgan fingerprint density at radius 2 is 1.14 bits per heavy atom. The molecule has 0 fully saturated rings. The SMILES string of the molecule is CC(=O)OC(C#CCSCC#CC(OC(C)=O)c1ccccc1)c1ccccc1. The third kappa shape index (κ3) is 8.60. The number of esters is 2. The standard InChI is InChI=1S/C24H22O4S/c1-19(25)27-23(21-11-5-3-6-12-21)15-9-17-29-18-10-16-24(28-20(2)26)22-13-7-4-8-14-22/h3-8,11-14,23-24H,17-18H2,1-2H3. The van der Waals surface area contributed by atoms with Crippen LogP contribution in [0.4, 0.5) is 0 Å². The van der Waals surface area contributed by atoms with Gasteiger partial charge in [0.2, 0.25) is 0 Å². The maximum Gasteiger partial charge on any atom is 0.304 e. The minimum Gasteiger partial charge on any atom is -0.444 e. The smallest absolute Gasteiger partial charge is 0.304 e. The molecule has 0 spiro atoms. The van der Waals surface area contributed by atoms with E-state index in [1.54, 1.807) is 0 Å². The van der Waals surface area contributed by atoms with Gasteiger partial charge in [0.25, 0.3) is 0 Å². The van der Waals surface area contributed by atoms with Crippen LogP contribution in [0.1, 0.15) is 37.2 Å². The number of hydrogen-bond donors (Lipinski definition) is 0. The van der Waals surface area contributed by atoms with E-state index in [-0.39, 0.29) is 11.9 Å². The van der Waals surface area contributed by atoms with Gasteiger partial charge < -0.3 is 9.47 Å². The van der Waals surface area contributed by atoms with Gasteiger partial charge in [0.05, 0.1) is 11.5 Å². The van der Waals surface area contributed by atoms with Crippen LogP contribution in [0.25, 0.3) is 0 Å². The van der Waals surface area contributed by atoms with E-state index in [1.165, 1.54) is 25.6 Å². The molecular formula is C24H22O4S. The van der Waals surface area contributed by atoms with Crippen molar-refractivity contribution in [1.82, 2.24) is 0 Å². The third-order valence-corrected chi connectivity index (χ3v) is 4.28. The largest absolute Gasteiger partial charge is 0.444 e. The first-order chi connectivity index (χ1) is 14.1. The van der Waals surface area contributed by atoms with Crippen LogP contribution in [0.2, 0.25) is 0 Å². The molecule has 0 heterocycles. The molecule has 2 unspecified atom stereocenters. The Labute approximate surface area is 176 Å². The first-order valence-corrected chi connectivity index (χ1v) is 10.2. The maximum absolute atomic E-state index is 11.3. The van der Waals surface area contributed by atoms with E-state index in [4.69, 9.17) is 9.47 Å². The van der Waals surface area contributed by atoms with Crippen molar-refractivity contribution in [3.05, 3.63) is 71.8 Å². The van der Waals surface area contributed by atoms with Gasteiger partial charge in [0.1, 0.15) is 0 Å². The van der Waals surface area contributed by atoms with Gasteiger partial charge in [0.15, 0.2) is 12.2 Å². The third-order valence-electron chi connectivity index (χ3n) is 3.59. The minimum atomic E-state index is -0.577. The van der Waals surface area contributed by atoms with E-state index in [9.17, 15) is 9.59 Å². The fourth-order valence-electron chi connectivity index (χ4n) is 2.37. The number of ether oxygens (including phenoxy) is 2. The predicted molar refractivity (Wildman–Crippen MR) is 115 cm³/mol. The number of carbonyl (C=O) groups is 2. The lowest BCUT2D eigenvalue weighted by atomic mass is 10.1. The number of hydrogen-bond acceptors (Lipinski definition) is 5. The molecule has 0 aliphatic carbocycles. The normalized spacial score (nSPS) is 11.7. The van der Waals surface area contributed by atoms with Crippen molar-refractivity contribution in [2.75, 3.05) is 11.5 Å². The van der Waals surface area contributed by atoms with Crippen molar-refractivity contribution in [1.29, 1.82) is 0 Å². The monoisotopic (exact) mass is 406 g/mol. The molecule has 0 aliphatic heterocycles. The molecule has 0 N–H and O–H groups in total. The highest BCUT2D eigenvalue weighted by molar-refractivity contribution is 7.99. The maximum atomic E-state index is 11.3. The molecule has 2 rings (SSSR count). The van der Waals surface area contributed by atoms with Crippen LogP contribution in [0.5, 0.6) is 0 Å². The molecule has 0 saturated heterocycles. The molecule has 2 aromatic carbocycles. The van der Waals surface area contributed by atoms with Crippen LogP contribution in [-0.2, 0) is 19.1 Å². The number of carbonyl (C=O) groups excluding carboxylic acids is 2. The van der Waals surface area contributed by atoms with Crippen LogP contribution < -0.4 is 0 Å². The van der Waals surface area contributed by atoms with Gasteiger partial charge in [-0.1, -0.05) is 84.3 Å². The zero-order chi connectivity index (χ0) is 20.9. The molecule has 0 amide bonds. The number of benzene rings is 2. The van der Waals surface area contributed by atoms with Crippen LogP contribution >= 0.6 is 11.8 Å². The summed E-state index contributed by atoms with van der Waals surface area (Å²) in [5.74, 6) is 12.4. The highest BCUT2D eigenvalue weighted by Gasteiger charge is 2.11. The molecule has 29 heavy (non-hydrogen) atoms. The van der Waals surface area contributed by atoms with Crippen LogP contribution in [0.15, 0.2) is 60.7 Å². The highest BCUT2D eigenvalue weighted by atomic mass is 32.2. The Balaban J connectivity index is 1.90. The van der Waals surface area contributed by atoms with E-state index in [0.717, 1.165) is 11.1 Å². The van der Waals surface area contributed by atoms with Crippen molar-refractivity contribution in [2.24, 2.45) is 0 Å². The summed E-state index contributed by atoms with van der Waals surface area (Å²) in [5, 5.41) is 0. The van der Waals surface area contributed by atoms with Gasteiger partial charge in [-0.15, -0.1) is 11.8 Å². The van der Waals surface area contributed by atoms with Crippen molar-refractivity contribution in [3.8, 4) is 23.7 Å². The lowest BCUT2D eigenvalue weighted by molar-refractivity contribution is -0.145. The van der Waals surface area contributed by atoms with E-state index in [2.05, 4.69) is 23.7 Å². The topological polar surface area (TPSA) is 52.6 Å². The lowest BCUT2D eigenvalue weighted by Crippen LogP contribution is -2.06. The van der Waals surface area contributed by atoms with Crippen molar-refractivity contribution in [2.45, 2.75) is 26.1 Å². The lowest BCUT2D eigenvalue weighted by Gasteiger charge is -2.11. The van der Waals surface area contributed by atoms with Gasteiger partial charge in [-0.2, -0.15) is 0 Å². The molecule has 2 aromatic rings. The molecule has 4 nitrogen and oxygen atoms in total. The molecular weight excluding hydrogens is 384 g/mol. The average Bonchev–Trinajstić information content (AvgIpc) is 2.72. The first-order valence-electron chi connectivity index (χ1n) is 9.05. The molecule has 0 bridgehead atoms. The van der Waals surface area contributed by atoms with Crippen molar-refractivity contribution < 1.29 is 19.1 Å². The zero-order valence-electron chi connectivity index (χ0n) is 16.4. The second kappa shape index (κ2) is 12.3. The fraction of sp³-hybridized carbons (Fsp3) is 0.250. The minimum absolute atomic E-state index is 0.371. The molecule has 0 aliphatic rings. The Morgan fingerprint density at radius 3 is 1.48 bits per heavy atom. The Bertz CT molecular complexity index is 840. The van der Waals surface area contributed by atoms with Crippen molar-refractivity contribution >= 4 is 23.7 Å². The van der Waals surface area contributed by atoms with Gasteiger partial charge in [-0.3, -0.25) is 9.59 Å². The van der Waals surface area contributed by atoms with E-state index in [1.807, 2.05) is 60.7 Å². The average molecular weight is 407 g/mol. The number of rotatable bonds is 6. The summed E-state index contributed by atoms with van der Waals surface area (Å²) in [6.07, 6.45) is -1.15. The van der Waals surface area contributed by atoms with E-state index in [0.29, 0.717) is 11.5 Å². The Kier molecular flexibility index (Phi) is 9.42. The summed E-state index contributed by atoms with van der Waals surface area (Å²) in [7, 11) is 0. The Hall–Kier alpha value is -3.15. The Morgan fingerprint density at radius 1 is 0.759 bits per heavy atom. The summed E-state index contributed by atoms with van der Waals surface area (Å²) in [5.41, 5.74) is 1.68. The summed E-state index contributed by atoms with van der Waals surface area (Å²) in [6, 6.07) is 18.8. The van der Waals surface area contributed by atoms with Gasteiger partial charge in [-0.25, -0.2) is 0 Å². The fourth-order valence-corrected chi connectivity index (χ4v) is 2.84. The molecule has 0 radical (unpaired) electrons. The quantitative estimate of drug-likeness (QED) is 0.406.